The number of rotatable bonds is 7. The summed E-state index contributed by atoms with van der Waals surface area (Å²) < 4.78 is 24.8. The van der Waals surface area contributed by atoms with E-state index < -0.39 is 10.0 Å². The minimum atomic E-state index is -2.96. The zero-order valence-electron chi connectivity index (χ0n) is 8.91. The van der Waals surface area contributed by atoms with Crippen LogP contribution >= 0.6 is 0 Å². The molecule has 3 nitrogen and oxygen atoms in total. The Morgan fingerprint density at radius 1 is 1.08 bits per heavy atom. The zero-order valence-corrected chi connectivity index (χ0v) is 9.73. The number of unbranched alkanes of at least 4 members (excludes halogenated alkanes) is 1. The van der Waals surface area contributed by atoms with E-state index in [4.69, 9.17) is 0 Å². The van der Waals surface area contributed by atoms with Crippen molar-refractivity contribution in [2.24, 2.45) is 0 Å². The smallest absolute Gasteiger partial charge is 0.212 e. The Balaban J connectivity index is 4.21. The molecule has 0 amide bonds. The molecule has 0 aromatic heterocycles. The average molecular weight is 207 g/mol. The summed E-state index contributed by atoms with van der Waals surface area (Å²) in [7, 11) is -2.96. The van der Waals surface area contributed by atoms with Crippen molar-refractivity contribution in [3.05, 3.63) is 0 Å². The quantitative estimate of drug-likeness (QED) is 0.639. The van der Waals surface area contributed by atoms with Crippen LogP contribution in [0.1, 0.15) is 40.0 Å². The maximum atomic E-state index is 11.6. The Labute approximate surface area is 82.2 Å². The standard InChI is InChI=1S/C9H21NO2S/c1-4-7-9-13(11,12)10(6-3)8-5-2/h4-9H2,1-3H3. The summed E-state index contributed by atoms with van der Waals surface area (Å²) in [6.45, 7) is 7.14. The van der Waals surface area contributed by atoms with Crippen molar-refractivity contribution >= 4 is 10.0 Å². The van der Waals surface area contributed by atoms with Crippen molar-refractivity contribution in [1.82, 2.24) is 4.31 Å². The highest BCUT2D eigenvalue weighted by Crippen LogP contribution is 2.05. The van der Waals surface area contributed by atoms with Crippen molar-refractivity contribution in [1.29, 1.82) is 0 Å². The van der Waals surface area contributed by atoms with Gasteiger partial charge in [-0.1, -0.05) is 27.2 Å². The fourth-order valence-electron chi connectivity index (χ4n) is 1.20. The molecule has 13 heavy (non-hydrogen) atoms. The predicted molar refractivity (Wildman–Crippen MR) is 56.2 cm³/mol. The molecule has 0 unspecified atom stereocenters. The van der Waals surface area contributed by atoms with E-state index in [-0.39, 0.29) is 0 Å². The van der Waals surface area contributed by atoms with E-state index in [0.717, 1.165) is 19.3 Å². The molecule has 0 saturated heterocycles. The lowest BCUT2D eigenvalue weighted by atomic mass is 10.4. The van der Waals surface area contributed by atoms with Crippen molar-refractivity contribution in [3.8, 4) is 0 Å². The highest BCUT2D eigenvalue weighted by atomic mass is 32.2. The number of hydrogen-bond donors (Lipinski definition) is 0. The van der Waals surface area contributed by atoms with E-state index in [1.807, 2.05) is 20.8 Å². The molecule has 0 heterocycles. The third kappa shape index (κ3) is 4.62. The third-order valence-electron chi connectivity index (χ3n) is 1.97. The second-order valence-corrected chi connectivity index (χ2v) is 5.25. The first-order valence-electron chi connectivity index (χ1n) is 5.06. The van der Waals surface area contributed by atoms with Gasteiger partial charge >= 0.3 is 0 Å². The lowest BCUT2D eigenvalue weighted by molar-refractivity contribution is 0.426. The second kappa shape index (κ2) is 6.38. The summed E-state index contributed by atoms with van der Waals surface area (Å²) >= 11 is 0. The van der Waals surface area contributed by atoms with Crippen LogP contribution < -0.4 is 0 Å². The Morgan fingerprint density at radius 3 is 2.08 bits per heavy atom. The highest BCUT2D eigenvalue weighted by molar-refractivity contribution is 7.89. The maximum absolute atomic E-state index is 11.6. The highest BCUT2D eigenvalue weighted by Gasteiger charge is 2.17. The summed E-state index contributed by atoms with van der Waals surface area (Å²) in [5.41, 5.74) is 0. The van der Waals surface area contributed by atoms with E-state index in [2.05, 4.69) is 0 Å². The molecular formula is C9H21NO2S. The van der Waals surface area contributed by atoms with Crippen LogP contribution in [0, 0.1) is 0 Å². The van der Waals surface area contributed by atoms with Gasteiger partial charge in [-0.05, 0) is 12.8 Å². The first-order chi connectivity index (χ1) is 6.08. The summed E-state index contributed by atoms with van der Waals surface area (Å²) in [5, 5.41) is 0. The molecule has 0 radical (unpaired) electrons. The second-order valence-electron chi connectivity index (χ2n) is 3.16. The Bertz CT molecular complexity index is 212. The summed E-state index contributed by atoms with van der Waals surface area (Å²) in [4.78, 5) is 0. The molecule has 0 N–H and O–H groups in total. The van der Waals surface area contributed by atoms with Crippen molar-refractivity contribution in [2.45, 2.75) is 40.0 Å². The molecule has 0 bridgehead atoms. The molecule has 0 aromatic rings. The molecule has 0 aromatic carbocycles. The Hall–Kier alpha value is -0.0900. The van der Waals surface area contributed by atoms with E-state index in [0.29, 0.717) is 18.8 Å². The van der Waals surface area contributed by atoms with Crippen LogP contribution in [-0.4, -0.2) is 31.6 Å². The van der Waals surface area contributed by atoms with Crippen LogP contribution in [-0.2, 0) is 10.0 Å². The van der Waals surface area contributed by atoms with Crippen molar-refractivity contribution in [2.75, 3.05) is 18.8 Å². The monoisotopic (exact) mass is 207 g/mol. The van der Waals surface area contributed by atoms with Gasteiger partial charge in [0, 0.05) is 13.1 Å². The predicted octanol–water partition coefficient (Wildman–Crippen LogP) is 1.85. The van der Waals surface area contributed by atoms with E-state index in [9.17, 15) is 8.42 Å². The van der Waals surface area contributed by atoms with Crippen LogP contribution in [0.3, 0.4) is 0 Å². The largest absolute Gasteiger partial charge is 0.214 e. The van der Waals surface area contributed by atoms with Gasteiger partial charge in [-0.3, -0.25) is 0 Å². The molecule has 80 valence electrons. The fourth-order valence-corrected chi connectivity index (χ4v) is 2.96. The van der Waals surface area contributed by atoms with Crippen LogP contribution in [0.25, 0.3) is 0 Å². The van der Waals surface area contributed by atoms with Crippen LogP contribution in [0.4, 0.5) is 0 Å². The number of nitrogens with zero attached hydrogens (tertiary/aromatic N) is 1. The van der Waals surface area contributed by atoms with Gasteiger partial charge in [-0.25, -0.2) is 12.7 Å². The molecule has 0 aliphatic carbocycles. The molecule has 4 heteroatoms. The molecule has 0 rings (SSSR count). The first-order valence-corrected chi connectivity index (χ1v) is 6.67. The zero-order chi connectivity index (χ0) is 10.3. The topological polar surface area (TPSA) is 37.4 Å². The van der Waals surface area contributed by atoms with Gasteiger partial charge in [0.2, 0.25) is 10.0 Å². The Morgan fingerprint density at radius 2 is 1.69 bits per heavy atom. The number of hydrogen-bond acceptors (Lipinski definition) is 2. The van der Waals surface area contributed by atoms with Gasteiger partial charge in [-0.2, -0.15) is 0 Å². The van der Waals surface area contributed by atoms with Gasteiger partial charge < -0.3 is 0 Å². The molecule has 0 fully saturated rings. The lowest BCUT2D eigenvalue weighted by Gasteiger charge is -2.19. The van der Waals surface area contributed by atoms with Crippen LogP contribution in [0.15, 0.2) is 0 Å². The third-order valence-corrected chi connectivity index (χ3v) is 4.01. The average Bonchev–Trinajstić information content (AvgIpc) is 2.10. The van der Waals surface area contributed by atoms with Gasteiger partial charge in [-0.15, -0.1) is 0 Å². The molecule has 0 spiro atoms. The van der Waals surface area contributed by atoms with E-state index in [1.165, 1.54) is 0 Å². The van der Waals surface area contributed by atoms with E-state index >= 15 is 0 Å². The van der Waals surface area contributed by atoms with Gasteiger partial charge in [0.05, 0.1) is 5.75 Å². The van der Waals surface area contributed by atoms with Gasteiger partial charge in [0.15, 0.2) is 0 Å². The Kier molecular flexibility index (Phi) is 6.33. The minimum Gasteiger partial charge on any atom is -0.212 e. The molecule has 0 aliphatic rings. The molecular weight excluding hydrogens is 186 g/mol. The summed E-state index contributed by atoms with van der Waals surface area (Å²) in [6.07, 6.45) is 2.59. The lowest BCUT2D eigenvalue weighted by Crippen LogP contribution is -2.33. The van der Waals surface area contributed by atoms with Crippen LogP contribution in [0.5, 0.6) is 0 Å². The van der Waals surface area contributed by atoms with E-state index in [1.54, 1.807) is 4.31 Å². The SMILES string of the molecule is CCCCS(=O)(=O)N(CC)CCC. The fraction of sp³-hybridized carbons (Fsp3) is 1.00. The normalized spacial score (nSPS) is 12.3. The van der Waals surface area contributed by atoms with Crippen LogP contribution in [0.2, 0.25) is 0 Å². The van der Waals surface area contributed by atoms with Crippen molar-refractivity contribution in [3.63, 3.8) is 0 Å². The van der Waals surface area contributed by atoms with Gasteiger partial charge in [0.1, 0.15) is 0 Å². The molecule has 0 aliphatic heterocycles. The number of sulfonamides is 1. The minimum absolute atomic E-state index is 0.303. The molecule has 0 saturated carbocycles. The summed E-state index contributed by atoms with van der Waals surface area (Å²) in [5.74, 6) is 0.303. The summed E-state index contributed by atoms with van der Waals surface area (Å²) in [6, 6.07) is 0. The van der Waals surface area contributed by atoms with Gasteiger partial charge in [0.25, 0.3) is 0 Å². The molecule has 0 atom stereocenters. The maximum Gasteiger partial charge on any atom is 0.214 e. The van der Waals surface area contributed by atoms with Crippen molar-refractivity contribution < 1.29 is 8.42 Å². The first kappa shape index (κ1) is 12.9.